The molecule has 1 unspecified atom stereocenters. The topological polar surface area (TPSA) is 154 Å². The van der Waals surface area contributed by atoms with Gasteiger partial charge in [-0.15, -0.1) is 0 Å². The molecular formula is C30H32FN7O5. The fourth-order valence-corrected chi connectivity index (χ4v) is 4.49. The van der Waals surface area contributed by atoms with E-state index in [1.807, 2.05) is 18.5 Å². The fraction of sp³-hybridized carbons (Fsp3) is 0.267. The van der Waals surface area contributed by atoms with E-state index >= 15 is 0 Å². The number of rotatable bonds is 10. The summed E-state index contributed by atoms with van der Waals surface area (Å²) in [5.74, 6) is -0.659. The second kappa shape index (κ2) is 13.6. The van der Waals surface area contributed by atoms with Gasteiger partial charge < -0.3 is 25.1 Å². The van der Waals surface area contributed by atoms with Crippen molar-refractivity contribution in [2.75, 3.05) is 30.5 Å². The highest BCUT2D eigenvalue weighted by Crippen LogP contribution is 2.26. The molecule has 1 atom stereocenters. The number of nitrogens with zero attached hydrogens (tertiary/aromatic N) is 5. The van der Waals surface area contributed by atoms with Crippen molar-refractivity contribution in [1.29, 1.82) is 0 Å². The van der Waals surface area contributed by atoms with Crippen LogP contribution in [0.25, 0.3) is 11.0 Å². The number of carbonyl (C=O) groups excluding carboxylic acids is 3. The molecule has 13 heteroatoms. The summed E-state index contributed by atoms with van der Waals surface area (Å²) >= 11 is 0. The number of halogens is 1. The number of nitrogens with two attached hydrogens (primary N) is 1. The summed E-state index contributed by atoms with van der Waals surface area (Å²) in [6.07, 6.45) is 0.649. The standard InChI is InChI=1S/C30H32FN7O5/c1-5-43-26(39)13-15-38(25-8-6-7-14-33-25)29(40)19-9-12-24-23(16-19)35-28(37(24)3)18(2)34-20-10-11-22(31)21(17-20)27(32)36-30(41)42-4/h6-12,14,16-18,34H,5,13,15H2,1-4H3,(H2,32,36,41). The molecule has 0 spiro atoms. The normalized spacial score (nSPS) is 12.1. The minimum atomic E-state index is -0.941. The Balaban J connectivity index is 1.59. The van der Waals surface area contributed by atoms with Gasteiger partial charge in [0, 0.05) is 31.0 Å². The van der Waals surface area contributed by atoms with Crippen molar-refractivity contribution in [3.05, 3.63) is 83.6 Å². The predicted molar refractivity (Wildman–Crippen MR) is 159 cm³/mol. The van der Waals surface area contributed by atoms with Gasteiger partial charge in [0.1, 0.15) is 23.3 Å². The van der Waals surface area contributed by atoms with Crippen LogP contribution in [-0.2, 0) is 21.3 Å². The summed E-state index contributed by atoms with van der Waals surface area (Å²) in [7, 11) is 2.99. The zero-order chi connectivity index (χ0) is 31.1. The highest BCUT2D eigenvalue weighted by molar-refractivity contribution is 6.07. The van der Waals surface area contributed by atoms with Crippen molar-refractivity contribution < 1.29 is 28.2 Å². The van der Waals surface area contributed by atoms with Crippen LogP contribution in [0.5, 0.6) is 0 Å². The molecule has 0 radical (unpaired) electrons. The molecule has 2 amide bonds. The van der Waals surface area contributed by atoms with Gasteiger partial charge in [0.25, 0.3) is 5.91 Å². The first-order valence-corrected chi connectivity index (χ1v) is 13.5. The van der Waals surface area contributed by atoms with Crippen LogP contribution in [0.4, 0.5) is 20.7 Å². The van der Waals surface area contributed by atoms with E-state index in [-0.39, 0.29) is 42.9 Å². The molecule has 0 saturated carbocycles. The molecule has 4 aromatic rings. The van der Waals surface area contributed by atoms with Crippen molar-refractivity contribution in [2.45, 2.75) is 26.3 Å². The van der Waals surface area contributed by atoms with Crippen LogP contribution in [-0.4, -0.2) is 58.6 Å². The van der Waals surface area contributed by atoms with Crippen LogP contribution in [0.3, 0.4) is 0 Å². The maximum Gasteiger partial charge on any atom is 0.435 e. The first kappa shape index (κ1) is 30.6. The van der Waals surface area contributed by atoms with Gasteiger partial charge in [-0.2, -0.15) is 4.99 Å². The summed E-state index contributed by atoms with van der Waals surface area (Å²) < 4.78 is 25.8. The van der Waals surface area contributed by atoms with Crippen LogP contribution >= 0.6 is 0 Å². The van der Waals surface area contributed by atoms with Gasteiger partial charge in [0.2, 0.25) is 0 Å². The Morgan fingerprint density at radius 3 is 2.65 bits per heavy atom. The first-order chi connectivity index (χ1) is 20.6. The summed E-state index contributed by atoms with van der Waals surface area (Å²) in [5.41, 5.74) is 8.00. The predicted octanol–water partition coefficient (Wildman–Crippen LogP) is 4.35. The van der Waals surface area contributed by atoms with E-state index < -0.39 is 17.9 Å². The number of amides is 2. The van der Waals surface area contributed by atoms with Gasteiger partial charge in [-0.3, -0.25) is 14.5 Å². The smallest absolute Gasteiger partial charge is 0.435 e. The third-order valence-corrected chi connectivity index (χ3v) is 6.58. The maximum atomic E-state index is 14.4. The molecule has 0 bridgehead atoms. The average Bonchev–Trinajstić information content (AvgIpc) is 3.34. The molecule has 2 aromatic heterocycles. The Labute approximate surface area is 247 Å². The summed E-state index contributed by atoms with van der Waals surface area (Å²) in [4.78, 5) is 51.1. The number of imidazole rings is 1. The molecule has 3 N–H and O–H groups in total. The summed E-state index contributed by atoms with van der Waals surface area (Å²) in [5, 5.41) is 3.26. The van der Waals surface area contributed by atoms with Crippen molar-refractivity contribution in [1.82, 2.24) is 14.5 Å². The molecule has 224 valence electrons. The Bertz CT molecular complexity index is 1670. The van der Waals surface area contributed by atoms with Crippen molar-refractivity contribution in [3.8, 4) is 0 Å². The second-order valence-corrected chi connectivity index (χ2v) is 9.46. The molecular weight excluding hydrogens is 557 g/mol. The lowest BCUT2D eigenvalue weighted by Crippen LogP contribution is -2.34. The van der Waals surface area contributed by atoms with Crippen LogP contribution in [0.1, 0.15) is 48.1 Å². The number of esters is 1. The summed E-state index contributed by atoms with van der Waals surface area (Å²) in [6, 6.07) is 14.2. The quantitative estimate of drug-likeness (QED) is 0.156. The van der Waals surface area contributed by atoms with Crippen LogP contribution in [0, 0.1) is 5.82 Å². The maximum absolute atomic E-state index is 14.4. The number of nitrogens with one attached hydrogen (secondary N) is 1. The van der Waals surface area contributed by atoms with Gasteiger partial charge in [-0.1, -0.05) is 6.07 Å². The van der Waals surface area contributed by atoms with E-state index in [9.17, 15) is 18.8 Å². The Kier molecular flexibility index (Phi) is 9.65. The van der Waals surface area contributed by atoms with E-state index in [4.69, 9.17) is 15.5 Å². The van der Waals surface area contributed by atoms with Gasteiger partial charge in [0.05, 0.1) is 42.8 Å². The number of fused-ring (bicyclic) bond motifs is 1. The molecule has 12 nitrogen and oxygen atoms in total. The van der Waals surface area contributed by atoms with Crippen LogP contribution in [0.2, 0.25) is 0 Å². The number of hydrogen-bond acceptors (Lipinski definition) is 8. The SMILES string of the molecule is CCOC(=O)CCN(C(=O)c1ccc2c(c1)nc(C(C)Nc1ccc(F)c(/C(N)=N/C(=O)OC)c1)n2C)c1ccccn1. The minimum Gasteiger partial charge on any atom is -0.466 e. The Hall–Kier alpha value is -5.33. The number of ether oxygens (including phenoxy) is 2. The van der Waals surface area contributed by atoms with Crippen molar-refractivity contribution in [2.24, 2.45) is 17.8 Å². The lowest BCUT2D eigenvalue weighted by atomic mass is 10.1. The van der Waals surface area contributed by atoms with Crippen LogP contribution < -0.4 is 16.0 Å². The van der Waals surface area contributed by atoms with Gasteiger partial charge in [0.15, 0.2) is 0 Å². The third kappa shape index (κ3) is 7.12. The van der Waals surface area contributed by atoms with E-state index in [0.29, 0.717) is 28.4 Å². The molecule has 2 aromatic carbocycles. The number of aromatic nitrogens is 3. The fourth-order valence-electron chi connectivity index (χ4n) is 4.49. The second-order valence-electron chi connectivity index (χ2n) is 9.46. The van der Waals surface area contributed by atoms with Gasteiger partial charge in [-0.25, -0.2) is 19.2 Å². The Morgan fingerprint density at radius 1 is 1.16 bits per heavy atom. The number of aliphatic imine (C=N–C) groups is 1. The van der Waals surface area contributed by atoms with E-state index in [1.165, 1.54) is 23.1 Å². The van der Waals surface area contributed by atoms with E-state index in [0.717, 1.165) is 12.6 Å². The number of amidine groups is 1. The first-order valence-electron chi connectivity index (χ1n) is 13.5. The number of hydrogen-bond donors (Lipinski definition) is 2. The number of methoxy groups -OCH3 is 1. The average molecular weight is 590 g/mol. The molecule has 4 rings (SSSR count). The Morgan fingerprint density at radius 2 is 1.95 bits per heavy atom. The van der Waals surface area contributed by atoms with Crippen molar-refractivity contribution >= 4 is 46.3 Å². The monoisotopic (exact) mass is 589 g/mol. The lowest BCUT2D eigenvalue weighted by molar-refractivity contribution is -0.142. The number of benzene rings is 2. The zero-order valence-electron chi connectivity index (χ0n) is 24.2. The van der Waals surface area contributed by atoms with Crippen LogP contribution in [0.15, 0.2) is 65.8 Å². The largest absolute Gasteiger partial charge is 0.466 e. The summed E-state index contributed by atoms with van der Waals surface area (Å²) in [6.45, 7) is 3.94. The lowest BCUT2D eigenvalue weighted by Gasteiger charge is -2.21. The molecule has 0 saturated heterocycles. The minimum absolute atomic E-state index is 0.0145. The van der Waals surface area contributed by atoms with Gasteiger partial charge >= 0.3 is 12.1 Å². The zero-order valence-corrected chi connectivity index (χ0v) is 24.2. The van der Waals surface area contributed by atoms with E-state index in [2.05, 4.69) is 20.0 Å². The molecule has 0 aliphatic heterocycles. The van der Waals surface area contributed by atoms with E-state index in [1.54, 1.807) is 49.5 Å². The number of anilines is 2. The van der Waals surface area contributed by atoms with Crippen molar-refractivity contribution in [3.63, 3.8) is 0 Å². The number of aryl methyl sites for hydroxylation is 1. The molecule has 0 aliphatic rings. The third-order valence-electron chi connectivity index (χ3n) is 6.58. The highest BCUT2D eigenvalue weighted by Gasteiger charge is 2.22. The number of pyridine rings is 1. The molecule has 43 heavy (non-hydrogen) atoms. The molecule has 0 fully saturated rings. The highest BCUT2D eigenvalue weighted by atomic mass is 19.1. The molecule has 2 heterocycles. The number of carbonyl (C=O) groups is 3. The van der Waals surface area contributed by atoms with Gasteiger partial charge in [-0.05, 0) is 62.4 Å². The molecule has 0 aliphatic carbocycles.